The van der Waals surface area contributed by atoms with Crippen molar-refractivity contribution in [1.82, 2.24) is 5.32 Å². The van der Waals surface area contributed by atoms with E-state index in [0.717, 1.165) is 32.1 Å². The molecule has 4 nitrogen and oxygen atoms in total. The molecule has 0 aliphatic carbocycles. The van der Waals surface area contributed by atoms with Gasteiger partial charge in [0.15, 0.2) is 0 Å². The highest BCUT2D eigenvalue weighted by molar-refractivity contribution is 6.65. The average molecular weight is 291 g/mol. The Labute approximate surface area is 120 Å². The maximum atomic E-state index is 5.46. The van der Waals surface area contributed by atoms with Crippen molar-refractivity contribution in [2.75, 3.05) is 33.9 Å². The first-order chi connectivity index (χ1) is 9.18. The van der Waals surface area contributed by atoms with E-state index in [1.165, 1.54) is 38.5 Å². The Morgan fingerprint density at radius 2 is 1.37 bits per heavy atom. The van der Waals surface area contributed by atoms with Crippen LogP contribution in [0.4, 0.5) is 0 Å². The molecule has 0 atom stereocenters. The van der Waals surface area contributed by atoms with Gasteiger partial charge in [0.1, 0.15) is 0 Å². The van der Waals surface area contributed by atoms with E-state index in [1.807, 2.05) is 0 Å². The lowest BCUT2D eigenvalue weighted by molar-refractivity contribution is 0.248. The monoisotopic (exact) mass is 290 g/mol. The third-order valence-electron chi connectivity index (χ3n) is 3.66. The van der Waals surface area contributed by atoms with Crippen molar-refractivity contribution in [3.05, 3.63) is 0 Å². The molecule has 3 N–H and O–H groups in total. The number of nitrogens with one attached hydrogen (secondary N) is 1. The van der Waals surface area contributed by atoms with Gasteiger partial charge in [0.2, 0.25) is 0 Å². The van der Waals surface area contributed by atoms with Crippen molar-refractivity contribution < 1.29 is 8.85 Å². The molecule has 0 aliphatic rings. The molecular weight excluding hydrogens is 256 g/mol. The Hall–Kier alpha value is 0.0569. The van der Waals surface area contributed by atoms with E-state index >= 15 is 0 Å². The molecule has 0 saturated carbocycles. The zero-order valence-corrected chi connectivity index (χ0v) is 14.2. The van der Waals surface area contributed by atoms with E-state index in [-0.39, 0.29) is 0 Å². The summed E-state index contributed by atoms with van der Waals surface area (Å²) in [6.45, 7) is 5.17. The van der Waals surface area contributed by atoms with E-state index < -0.39 is 8.56 Å². The fourth-order valence-corrected chi connectivity index (χ4v) is 3.44. The first kappa shape index (κ1) is 19.1. The van der Waals surface area contributed by atoms with Crippen molar-refractivity contribution in [3.8, 4) is 0 Å². The van der Waals surface area contributed by atoms with Crippen LogP contribution in [0.3, 0.4) is 0 Å². The molecule has 0 amide bonds. The summed E-state index contributed by atoms with van der Waals surface area (Å²) in [5.74, 6) is 0. The van der Waals surface area contributed by atoms with Gasteiger partial charge in [-0.1, -0.05) is 25.7 Å². The number of hydrogen-bond donors (Lipinski definition) is 2. The summed E-state index contributed by atoms with van der Waals surface area (Å²) in [5.41, 5.74) is 5.46. The molecule has 0 heterocycles. The van der Waals surface area contributed by atoms with Crippen LogP contribution in [0.1, 0.15) is 44.9 Å². The van der Waals surface area contributed by atoms with Crippen LogP contribution in [0.5, 0.6) is 0 Å². The third kappa shape index (κ3) is 11.6. The topological polar surface area (TPSA) is 56.5 Å². The van der Waals surface area contributed by atoms with Crippen LogP contribution in [-0.4, -0.2) is 42.4 Å². The van der Waals surface area contributed by atoms with E-state index in [1.54, 1.807) is 14.2 Å². The second-order valence-electron chi connectivity index (χ2n) is 5.31. The van der Waals surface area contributed by atoms with Crippen LogP contribution < -0.4 is 11.1 Å². The molecule has 19 heavy (non-hydrogen) atoms. The van der Waals surface area contributed by atoms with Gasteiger partial charge in [-0.3, -0.25) is 0 Å². The minimum absolute atomic E-state index is 0.840. The second kappa shape index (κ2) is 13.1. The summed E-state index contributed by atoms with van der Waals surface area (Å²) < 4.78 is 10.9. The molecule has 5 heteroatoms. The highest BCUT2D eigenvalue weighted by Gasteiger charge is 2.27. The first-order valence-electron chi connectivity index (χ1n) is 7.69. The second-order valence-corrected chi connectivity index (χ2v) is 8.89. The molecule has 0 aliphatic heterocycles. The van der Waals surface area contributed by atoms with E-state index in [2.05, 4.69) is 11.9 Å². The maximum Gasteiger partial charge on any atom is 0.334 e. The molecule has 0 radical (unpaired) electrons. The lowest BCUT2D eigenvalue weighted by Crippen LogP contribution is -2.36. The molecule has 0 aromatic heterocycles. The Morgan fingerprint density at radius 3 is 1.95 bits per heavy atom. The molecule has 0 fully saturated rings. The standard InChI is InChI=1S/C14H34N2O2Si/c1-17-19(3,18-2)14-10-13-16-12-9-7-5-4-6-8-11-15/h16H,4-15H2,1-3H3. The minimum Gasteiger partial charge on any atom is -0.398 e. The molecule has 0 aromatic carbocycles. The lowest BCUT2D eigenvalue weighted by Gasteiger charge is -2.22. The van der Waals surface area contributed by atoms with Crippen LogP contribution in [0.25, 0.3) is 0 Å². The van der Waals surface area contributed by atoms with Crippen LogP contribution in [0.2, 0.25) is 12.6 Å². The number of nitrogens with two attached hydrogens (primary N) is 1. The van der Waals surface area contributed by atoms with Gasteiger partial charge in [0, 0.05) is 14.2 Å². The van der Waals surface area contributed by atoms with Crippen molar-refractivity contribution in [2.24, 2.45) is 5.73 Å². The van der Waals surface area contributed by atoms with E-state index in [4.69, 9.17) is 14.6 Å². The van der Waals surface area contributed by atoms with Crippen molar-refractivity contribution >= 4 is 8.56 Å². The molecular formula is C14H34N2O2Si. The molecule has 0 rings (SSSR count). The highest BCUT2D eigenvalue weighted by Crippen LogP contribution is 2.12. The van der Waals surface area contributed by atoms with E-state index in [9.17, 15) is 0 Å². The normalized spacial score (nSPS) is 12.0. The molecule has 0 saturated heterocycles. The Balaban J connectivity index is 3.19. The average Bonchev–Trinajstić information content (AvgIpc) is 2.44. The molecule has 0 bridgehead atoms. The summed E-state index contributed by atoms with van der Waals surface area (Å²) in [7, 11) is 1.67. The number of hydrogen-bond acceptors (Lipinski definition) is 4. The maximum absolute atomic E-state index is 5.46. The number of rotatable bonds is 14. The van der Waals surface area contributed by atoms with Gasteiger partial charge in [0.25, 0.3) is 0 Å². The van der Waals surface area contributed by atoms with Crippen molar-refractivity contribution in [2.45, 2.75) is 57.5 Å². The fourth-order valence-electron chi connectivity index (χ4n) is 2.05. The molecule has 0 spiro atoms. The van der Waals surface area contributed by atoms with Crippen LogP contribution in [0.15, 0.2) is 0 Å². The van der Waals surface area contributed by atoms with Gasteiger partial charge in [-0.15, -0.1) is 0 Å². The van der Waals surface area contributed by atoms with Crippen LogP contribution >= 0.6 is 0 Å². The first-order valence-corrected chi connectivity index (χ1v) is 10.2. The summed E-state index contributed by atoms with van der Waals surface area (Å²) in [6, 6.07) is 1.06. The fraction of sp³-hybridized carbons (Fsp3) is 1.00. The summed E-state index contributed by atoms with van der Waals surface area (Å²) in [5, 5.41) is 3.50. The summed E-state index contributed by atoms with van der Waals surface area (Å²) in [6.07, 6.45) is 8.91. The molecule has 0 unspecified atom stereocenters. The summed E-state index contributed by atoms with van der Waals surface area (Å²) >= 11 is 0. The van der Waals surface area contributed by atoms with Gasteiger partial charge in [-0.05, 0) is 51.5 Å². The van der Waals surface area contributed by atoms with Crippen molar-refractivity contribution in [3.63, 3.8) is 0 Å². The SMILES string of the molecule is CO[Si](C)(CCCNCCCCCCCCN)OC. The predicted molar refractivity (Wildman–Crippen MR) is 84.7 cm³/mol. The van der Waals surface area contributed by atoms with Crippen LogP contribution in [0, 0.1) is 0 Å². The Bertz CT molecular complexity index is 190. The van der Waals surface area contributed by atoms with Gasteiger partial charge < -0.3 is 19.9 Å². The number of unbranched alkanes of at least 4 members (excludes halogenated alkanes) is 5. The largest absolute Gasteiger partial charge is 0.398 e. The van der Waals surface area contributed by atoms with Crippen LogP contribution in [-0.2, 0) is 8.85 Å². The van der Waals surface area contributed by atoms with Gasteiger partial charge in [0.05, 0.1) is 0 Å². The lowest BCUT2D eigenvalue weighted by atomic mass is 10.1. The van der Waals surface area contributed by atoms with Gasteiger partial charge in [-0.25, -0.2) is 0 Å². The molecule has 0 aromatic rings. The zero-order valence-electron chi connectivity index (χ0n) is 13.2. The van der Waals surface area contributed by atoms with Gasteiger partial charge in [-0.2, -0.15) is 0 Å². The third-order valence-corrected chi connectivity index (χ3v) is 6.64. The minimum atomic E-state index is -1.84. The Kier molecular flexibility index (Phi) is 13.1. The van der Waals surface area contributed by atoms with E-state index in [0.29, 0.717) is 0 Å². The molecule has 116 valence electrons. The van der Waals surface area contributed by atoms with Crippen molar-refractivity contribution in [1.29, 1.82) is 0 Å². The zero-order chi connectivity index (χ0) is 14.4. The van der Waals surface area contributed by atoms with Gasteiger partial charge >= 0.3 is 8.56 Å². The highest BCUT2D eigenvalue weighted by atomic mass is 28.4. The Morgan fingerprint density at radius 1 is 0.842 bits per heavy atom. The summed E-state index contributed by atoms with van der Waals surface area (Å²) in [4.78, 5) is 0. The smallest absolute Gasteiger partial charge is 0.334 e. The quantitative estimate of drug-likeness (QED) is 0.381. The predicted octanol–water partition coefficient (Wildman–Crippen LogP) is 2.63.